The van der Waals surface area contributed by atoms with Gasteiger partial charge in [0.1, 0.15) is 11.3 Å². The fourth-order valence-corrected chi connectivity index (χ4v) is 2.95. The normalized spacial score (nSPS) is 12.3. The minimum Gasteiger partial charge on any atom is -0.483 e. The lowest BCUT2D eigenvalue weighted by Crippen LogP contribution is -2.21. The van der Waals surface area contributed by atoms with Gasteiger partial charge in [0.25, 0.3) is 5.91 Å². The molecule has 0 atom stereocenters. The smallest absolute Gasteiger partial charge is 0.342 e. The fraction of sp³-hybridized carbons (Fsp3) is 0.250. The van der Waals surface area contributed by atoms with Crippen LogP contribution in [0, 0.1) is 0 Å². The Kier molecular flexibility index (Phi) is 5.31. The molecule has 0 saturated carbocycles. The van der Waals surface area contributed by atoms with E-state index in [-0.39, 0.29) is 30.3 Å². The molecule has 1 amide bonds. The molecule has 0 aromatic heterocycles. The molecule has 2 aromatic rings. The number of hydrogen-bond donors (Lipinski definition) is 1. The van der Waals surface area contributed by atoms with Crippen LogP contribution in [0.25, 0.3) is 0 Å². The Morgan fingerprint density at radius 1 is 0.962 bits per heavy atom. The number of aryl methyl sites for hydroxylation is 2. The van der Waals surface area contributed by atoms with Gasteiger partial charge >= 0.3 is 5.97 Å². The molecule has 0 unspecified atom stereocenters. The number of Topliss-reactive ketones (excluding diaryl/α,β-unsaturated/α-hetero) is 1. The van der Waals surface area contributed by atoms with Crippen molar-refractivity contribution in [2.45, 2.75) is 19.3 Å². The summed E-state index contributed by atoms with van der Waals surface area (Å²) >= 11 is 0. The van der Waals surface area contributed by atoms with Crippen LogP contribution in [0.5, 0.6) is 5.75 Å². The lowest BCUT2D eigenvalue weighted by Gasteiger charge is -2.10. The van der Waals surface area contributed by atoms with E-state index in [2.05, 4.69) is 0 Å². The molecule has 6 nitrogen and oxygen atoms in total. The number of ketones is 1. The molecule has 0 heterocycles. The lowest BCUT2D eigenvalue weighted by atomic mass is 10.0. The van der Waals surface area contributed by atoms with Gasteiger partial charge in [-0.1, -0.05) is 24.3 Å². The van der Waals surface area contributed by atoms with E-state index in [1.807, 2.05) is 12.1 Å². The molecule has 0 aliphatic heterocycles. The first-order chi connectivity index (χ1) is 12.5. The second-order valence-corrected chi connectivity index (χ2v) is 6.09. The lowest BCUT2D eigenvalue weighted by molar-refractivity contribution is -0.119. The molecule has 2 N–H and O–H groups in total. The van der Waals surface area contributed by atoms with Gasteiger partial charge in [0.05, 0.1) is 0 Å². The van der Waals surface area contributed by atoms with Gasteiger partial charge in [-0.2, -0.15) is 0 Å². The van der Waals surface area contributed by atoms with Gasteiger partial charge in [-0.05, 0) is 48.6 Å². The number of benzene rings is 2. The van der Waals surface area contributed by atoms with Crippen LogP contribution in [0.1, 0.15) is 38.3 Å². The van der Waals surface area contributed by atoms with Gasteiger partial charge < -0.3 is 15.2 Å². The molecule has 3 rings (SSSR count). The van der Waals surface area contributed by atoms with Gasteiger partial charge in [0, 0.05) is 5.56 Å². The van der Waals surface area contributed by atoms with Crippen molar-refractivity contribution >= 4 is 17.7 Å². The molecule has 1 aliphatic carbocycles. The number of nitrogens with two attached hydrogens (primary N) is 1. The van der Waals surface area contributed by atoms with E-state index in [0.717, 1.165) is 19.3 Å². The van der Waals surface area contributed by atoms with Crippen LogP contribution in [-0.4, -0.2) is 30.9 Å². The Morgan fingerprint density at radius 2 is 1.73 bits per heavy atom. The summed E-state index contributed by atoms with van der Waals surface area (Å²) in [4.78, 5) is 35.4. The van der Waals surface area contributed by atoms with Crippen LogP contribution in [0.3, 0.4) is 0 Å². The van der Waals surface area contributed by atoms with Crippen molar-refractivity contribution in [2.24, 2.45) is 5.73 Å². The van der Waals surface area contributed by atoms with Crippen LogP contribution in [-0.2, 0) is 22.4 Å². The first-order valence-electron chi connectivity index (χ1n) is 8.37. The molecule has 26 heavy (non-hydrogen) atoms. The number of carbonyl (C=O) groups is 3. The molecule has 0 radical (unpaired) electrons. The number of esters is 1. The second kappa shape index (κ2) is 7.82. The molecule has 2 aromatic carbocycles. The average Bonchev–Trinajstić information content (AvgIpc) is 3.12. The van der Waals surface area contributed by atoms with Crippen molar-refractivity contribution < 1.29 is 23.9 Å². The third-order valence-corrected chi connectivity index (χ3v) is 4.23. The first-order valence-corrected chi connectivity index (χ1v) is 8.37. The van der Waals surface area contributed by atoms with E-state index in [1.165, 1.54) is 23.3 Å². The SMILES string of the molecule is NC(=O)COc1ccccc1C(=O)OCC(=O)c1ccc2c(c1)CCC2. The third kappa shape index (κ3) is 4.08. The molecule has 6 heteroatoms. The van der Waals surface area contributed by atoms with Crippen molar-refractivity contribution in [3.05, 3.63) is 64.7 Å². The predicted molar refractivity (Wildman–Crippen MR) is 94.2 cm³/mol. The first kappa shape index (κ1) is 17.7. The largest absolute Gasteiger partial charge is 0.483 e. The van der Waals surface area contributed by atoms with Crippen LogP contribution >= 0.6 is 0 Å². The highest BCUT2D eigenvalue weighted by molar-refractivity contribution is 6.00. The van der Waals surface area contributed by atoms with Crippen LogP contribution in [0.15, 0.2) is 42.5 Å². The van der Waals surface area contributed by atoms with E-state index in [1.54, 1.807) is 18.2 Å². The fourth-order valence-electron chi connectivity index (χ4n) is 2.95. The summed E-state index contributed by atoms with van der Waals surface area (Å²) in [5.74, 6) is -1.43. The Labute approximate surface area is 150 Å². The van der Waals surface area contributed by atoms with Crippen molar-refractivity contribution in [3.63, 3.8) is 0 Å². The minimum atomic E-state index is -0.695. The highest BCUT2D eigenvalue weighted by atomic mass is 16.5. The minimum absolute atomic E-state index is 0.135. The Bertz CT molecular complexity index is 859. The van der Waals surface area contributed by atoms with Gasteiger partial charge in [0.2, 0.25) is 0 Å². The van der Waals surface area contributed by atoms with E-state index < -0.39 is 11.9 Å². The molecule has 0 bridgehead atoms. The summed E-state index contributed by atoms with van der Waals surface area (Å²) in [6, 6.07) is 11.9. The number of amides is 1. The number of primary amides is 1. The van der Waals surface area contributed by atoms with Gasteiger partial charge in [0.15, 0.2) is 19.0 Å². The van der Waals surface area contributed by atoms with Crippen molar-refractivity contribution in [2.75, 3.05) is 13.2 Å². The molecule has 1 aliphatic rings. The molecule has 0 fully saturated rings. The Morgan fingerprint density at radius 3 is 2.54 bits per heavy atom. The standard InChI is InChI=1S/C20H19NO5/c21-19(23)12-25-18-7-2-1-6-16(18)20(24)26-11-17(22)15-9-8-13-4-3-5-14(13)10-15/h1-2,6-10H,3-5,11-12H2,(H2,21,23). The number of ether oxygens (including phenoxy) is 2. The predicted octanol–water partition coefficient (Wildman–Crippen LogP) is 2.08. The van der Waals surface area contributed by atoms with E-state index in [9.17, 15) is 14.4 Å². The maximum Gasteiger partial charge on any atom is 0.342 e. The Hall–Kier alpha value is -3.15. The van der Waals surface area contributed by atoms with Gasteiger partial charge in [-0.3, -0.25) is 9.59 Å². The summed E-state index contributed by atoms with van der Waals surface area (Å²) in [5.41, 5.74) is 8.18. The zero-order chi connectivity index (χ0) is 18.5. The topological polar surface area (TPSA) is 95.7 Å². The molecule has 0 spiro atoms. The maximum atomic E-state index is 12.3. The van der Waals surface area contributed by atoms with Crippen LogP contribution in [0.2, 0.25) is 0 Å². The maximum absolute atomic E-state index is 12.3. The van der Waals surface area contributed by atoms with E-state index in [4.69, 9.17) is 15.2 Å². The van der Waals surface area contributed by atoms with E-state index in [0.29, 0.717) is 5.56 Å². The van der Waals surface area contributed by atoms with Crippen LogP contribution < -0.4 is 10.5 Å². The number of hydrogen-bond acceptors (Lipinski definition) is 5. The number of para-hydroxylation sites is 1. The zero-order valence-corrected chi connectivity index (χ0v) is 14.2. The summed E-state index contributed by atoms with van der Waals surface area (Å²) in [6.45, 7) is -0.708. The zero-order valence-electron chi connectivity index (χ0n) is 14.2. The second-order valence-electron chi connectivity index (χ2n) is 6.09. The quantitative estimate of drug-likeness (QED) is 0.607. The van der Waals surface area contributed by atoms with Gasteiger partial charge in [-0.15, -0.1) is 0 Å². The Balaban J connectivity index is 1.63. The van der Waals surface area contributed by atoms with Crippen molar-refractivity contribution in [3.8, 4) is 5.75 Å². The summed E-state index contributed by atoms with van der Waals surface area (Å²) in [5, 5.41) is 0. The van der Waals surface area contributed by atoms with Crippen molar-refractivity contribution in [1.82, 2.24) is 0 Å². The van der Waals surface area contributed by atoms with E-state index >= 15 is 0 Å². The number of rotatable bonds is 7. The molecular formula is C20H19NO5. The number of carbonyl (C=O) groups excluding carboxylic acids is 3. The summed E-state index contributed by atoms with van der Waals surface area (Å²) in [6.07, 6.45) is 3.12. The van der Waals surface area contributed by atoms with Gasteiger partial charge in [-0.25, -0.2) is 4.79 Å². The average molecular weight is 353 g/mol. The summed E-state index contributed by atoms with van der Waals surface area (Å²) < 4.78 is 10.3. The highest BCUT2D eigenvalue weighted by Crippen LogP contribution is 2.23. The third-order valence-electron chi connectivity index (χ3n) is 4.23. The molecule has 0 saturated heterocycles. The van der Waals surface area contributed by atoms with Crippen LogP contribution in [0.4, 0.5) is 0 Å². The molecular weight excluding hydrogens is 334 g/mol. The van der Waals surface area contributed by atoms with Crippen molar-refractivity contribution in [1.29, 1.82) is 0 Å². The molecule has 134 valence electrons. The highest BCUT2D eigenvalue weighted by Gasteiger charge is 2.18. The number of fused-ring (bicyclic) bond motifs is 1. The summed E-state index contributed by atoms with van der Waals surface area (Å²) in [7, 11) is 0. The monoisotopic (exact) mass is 353 g/mol.